The lowest BCUT2D eigenvalue weighted by Crippen LogP contribution is -2.06. The molecule has 2 aromatic heterocycles. The number of fused-ring (bicyclic) bond motifs is 1. The van der Waals surface area contributed by atoms with Gasteiger partial charge in [0.15, 0.2) is 17.3 Å². The second kappa shape index (κ2) is 8.60. The highest BCUT2D eigenvalue weighted by Crippen LogP contribution is 2.35. The third-order valence-electron chi connectivity index (χ3n) is 5.43. The van der Waals surface area contributed by atoms with Crippen molar-refractivity contribution in [3.05, 3.63) is 77.4 Å². The fourth-order valence-electron chi connectivity index (χ4n) is 3.88. The highest BCUT2D eigenvalue weighted by atomic mass is 16.7. The first-order chi connectivity index (χ1) is 16.5. The second-order valence-corrected chi connectivity index (χ2v) is 7.70. The number of ether oxygens (including phenoxy) is 2. The van der Waals surface area contributed by atoms with Gasteiger partial charge in [0.2, 0.25) is 18.7 Å². The van der Waals surface area contributed by atoms with Crippen LogP contribution in [0.1, 0.15) is 22.8 Å². The Labute approximate surface area is 196 Å². The zero-order chi connectivity index (χ0) is 23.7. The van der Waals surface area contributed by atoms with Crippen molar-refractivity contribution >= 4 is 29.2 Å². The molecule has 0 unspecified atom stereocenters. The van der Waals surface area contributed by atoms with Crippen LogP contribution in [0.5, 0.6) is 11.5 Å². The summed E-state index contributed by atoms with van der Waals surface area (Å²) in [7, 11) is 0. The highest BCUT2D eigenvalue weighted by molar-refractivity contribution is 5.88. The molecule has 2 aromatic carbocycles. The maximum absolute atomic E-state index is 9.88. The molecule has 9 nitrogen and oxygen atoms in total. The Balaban J connectivity index is 1.51. The summed E-state index contributed by atoms with van der Waals surface area (Å²) < 4.78 is 13.0. The van der Waals surface area contributed by atoms with Crippen molar-refractivity contribution in [3.63, 3.8) is 0 Å². The van der Waals surface area contributed by atoms with Gasteiger partial charge in [0, 0.05) is 28.8 Å². The number of aromatic nitrogens is 4. The summed E-state index contributed by atoms with van der Waals surface area (Å²) in [5.74, 6) is 1.92. The predicted octanol–water partition coefficient (Wildman–Crippen LogP) is 4.40. The van der Waals surface area contributed by atoms with E-state index in [4.69, 9.17) is 15.2 Å². The maximum atomic E-state index is 9.88. The van der Waals surface area contributed by atoms with E-state index in [1.165, 1.54) is 0 Å². The van der Waals surface area contributed by atoms with E-state index in [2.05, 4.69) is 30.9 Å². The van der Waals surface area contributed by atoms with Crippen molar-refractivity contribution in [2.75, 3.05) is 17.8 Å². The Morgan fingerprint density at radius 2 is 1.85 bits per heavy atom. The van der Waals surface area contributed by atoms with Gasteiger partial charge in [-0.1, -0.05) is 18.2 Å². The minimum atomic E-state index is 0.0235. The van der Waals surface area contributed by atoms with Gasteiger partial charge >= 0.3 is 0 Å². The number of nitriles is 1. The van der Waals surface area contributed by atoms with Crippen molar-refractivity contribution in [3.8, 4) is 23.3 Å². The van der Waals surface area contributed by atoms with Crippen LogP contribution in [-0.4, -0.2) is 26.3 Å². The molecule has 1 aliphatic rings. The van der Waals surface area contributed by atoms with Crippen molar-refractivity contribution in [2.24, 2.45) is 0 Å². The van der Waals surface area contributed by atoms with Gasteiger partial charge in [0.25, 0.3) is 0 Å². The smallest absolute Gasteiger partial charge is 0.232 e. The Kier molecular flexibility index (Phi) is 5.32. The van der Waals surface area contributed by atoms with E-state index in [1.54, 1.807) is 6.08 Å². The normalized spacial score (nSPS) is 12.4. The number of benzene rings is 2. The molecule has 0 saturated carbocycles. The molecule has 0 saturated heterocycles. The van der Waals surface area contributed by atoms with Gasteiger partial charge in [-0.15, -0.1) is 0 Å². The number of nitrogens with one attached hydrogen (secondary N) is 1. The number of hydrogen-bond acceptors (Lipinski definition) is 8. The molecule has 0 aliphatic carbocycles. The van der Waals surface area contributed by atoms with E-state index in [0.717, 1.165) is 34.1 Å². The van der Waals surface area contributed by atoms with Crippen LogP contribution in [0.15, 0.2) is 54.6 Å². The standard InChI is InChI=1S/C25H21N7O2/c1-15-10-17(16(2)32(15)20-8-9-21-22(12-20)34-14-33-21)11-18(13-26)23-29-24(27)31-25(30-23)28-19-6-4-3-5-7-19/h3-12H,14H2,1-2H3,(H3,27,28,29,30,31)/b18-11+. The quantitative estimate of drug-likeness (QED) is 0.428. The van der Waals surface area contributed by atoms with Crippen LogP contribution in [0.2, 0.25) is 0 Å². The third-order valence-corrected chi connectivity index (χ3v) is 5.43. The lowest BCUT2D eigenvalue weighted by atomic mass is 10.1. The van der Waals surface area contributed by atoms with Gasteiger partial charge < -0.3 is 25.1 Å². The van der Waals surface area contributed by atoms with Crippen LogP contribution in [0.25, 0.3) is 17.3 Å². The van der Waals surface area contributed by atoms with Crippen molar-refractivity contribution < 1.29 is 9.47 Å². The number of nitrogen functional groups attached to an aromatic ring is 1. The molecule has 3 heterocycles. The van der Waals surface area contributed by atoms with Gasteiger partial charge in [0.1, 0.15) is 6.07 Å². The monoisotopic (exact) mass is 451 g/mol. The Morgan fingerprint density at radius 3 is 2.65 bits per heavy atom. The average Bonchev–Trinajstić information content (AvgIpc) is 3.40. The first-order valence-electron chi connectivity index (χ1n) is 10.6. The number of nitrogens with two attached hydrogens (primary N) is 1. The van der Waals surface area contributed by atoms with Gasteiger partial charge in [-0.2, -0.15) is 20.2 Å². The SMILES string of the molecule is Cc1cc(/C=C(\C#N)c2nc(N)nc(Nc3ccccc3)n2)c(C)n1-c1ccc2c(c1)OCO2. The van der Waals surface area contributed by atoms with Gasteiger partial charge in [-0.05, 0) is 55.8 Å². The lowest BCUT2D eigenvalue weighted by Gasteiger charge is -2.10. The molecular weight excluding hydrogens is 430 g/mol. The molecule has 1 aliphatic heterocycles. The maximum Gasteiger partial charge on any atom is 0.232 e. The van der Waals surface area contributed by atoms with E-state index in [0.29, 0.717) is 5.75 Å². The van der Waals surface area contributed by atoms with Crippen molar-refractivity contribution in [1.82, 2.24) is 19.5 Å². The number of nitrogens with zero attached hydrogens (tertiary/aromatic N) is 5. The molecule has 0 spiro atoms. The first kappa shape index (κ1) is 21.0. The number of para-hydroxylation sites is 1. The topological polar surface area (TPSA) is 124 Å². The van der Waals surface area contributed by atoms with E-state index in [-0.39, 0.29) is 30.1 Å². The number of hydrogen-bond donors (Lipinski definition) is 2. The highest BCUT2D eigenvalue weighted by Gasteiger charge is 2.17. The minimum absolute atomic E-state index is 0.0235. The van der Waals surface area contributed by atoms with E-state index < -0.39 is 0 Å². The molecule has 0 bridgehead atoms. The summed E-state index contributed by atoms with van der Waals surface area (Å²) in [6, 6.07) is 19.5. The van der Waals surface area contributed by atoms with Gasteiger partial charge in [-0.3, -0.25) is 0 Å². The van der Waals surface area contributed by atoms with Crippen LogP contribution in [0.4, 0.5) is 17.6 Å². The Morgan fingerprint density at radius 1 is 1.06 bits per heavy atom. The van der Waals surface area contributed by atoms with Gasteiger partial charge in [0.05, 0.1) is 5.57 Å². The summed E-state index contributed by atoms with van der Waals surface area (Å²) in [6.45, 7) is 4.21. The van der Waals surface area contributed by atoms with E-state index in [9.17, 15) is 5.26 Å². The molecule has 5 rings (SSSR count). The summed E-state index contributed by atoms with van der Waals surface area (Å²) in [5, 5.41) is 13.0. The van der Waals surface area contributed by atoms with E-state index >= 15 is 0 Å². The molecule has 34 heavy (non-hydrogen) atoms. The fraction of sp³-hybridized carbons (Fsp3) is 0.120. The molecule has 0 atom stereocenters. The second-order valence-electron chi connectivity index (χ2n) is 7.70. The summed E-state index contributed by atoms with van der Waals surface area (Å²) in [6.07, 6.45) is 1.76. The molecule has 0 radical (unpaired) electrons. The van der Waals surface area contributed by atoms with E-state index in [1.807, 2.05) is 68.4 Å². The third kappa shape index (κ3) is 4.00. The summed E-state index contributed by atoms with van der Waals surface area (Å²) in [5.41, 5.74) is 10.7. The molecule has 168 valence electrons. The molecule has 4 aromatic rings. The lowest BCUT2D eigenvalue weighted by molar-refractivity contribution is 0.174. The summed E-state index contributed by atoms with van der Waals surface area (Å²) >= 11 is 0. The molecule has 0 fully saturated rings. The molecule has 9 heteroatoms. The number of anilines is 3. The average molecular weight is 451 g/mol. The Hall–Kier alpha value is -4.84. The predicted molar refractivity (Wildman–Crippen MR) is 129 cm³/mol. The Bertz CT molecular complexity index is 1450. The van der Waals surface area contributed by atoms with Crippen molar-refractivity contribution in [2.45, 2.75) is 13.8 Å². The number of allylic oxidation sites excluding steroid dienone is 1. The number of rotatable bonds is 5. The van der Waals surface area contributed by atoms with Crippen LogP contribution >= 0.6 is 0 Å². The van der Waals surface area contributed by atoms with Crippen LogP contribution in [0, 0.1) is 25.2 Å². The number of aryl methyl sites for hydroxylation is 1. The zero-order valence-electron chi connectivity index (χ0n) is 18.6. The van der Waals surface area contributed by atoms with Crippen LogP contribution < -0.4 is 20.5 Å². The first-order valence-corrected chi connectivity index (χ1v) is 10.6. The zero-order valence-corrected chi connectivity index (χ0v) is 18.6. The molecule has 3 N–H and O–H groups in total. The molecular formula is C25H21N7O2. The van der Waals surface area contributed by atoms with Gasteiger partial charge in [-0.25, -0.2) is 0 Å². The summed E-state index contributed by atoms with van der Waals surface area (Å²) in [4.78, 5) is 12.7. The fourth-order valence-corrected chi connectivity index (χ4v) is 3.88. The van der Waals surface area contributed by atoms with Crippen LogP contribution in [0.3, 0.4) is 0 Å². The van der Waals surface area contributed by atoms with Crippen LogP contribution in [-0.2, 0) is 0 Å². The molecule has 0 amide bonds. The minimum Gasteiger partial charge on any atom is -0.454 e. The van der Waals surface area contributed by atoms with Crippen molar-refractivity contribution in [1.29, 1.82) is 5.26 Å². The largest absolute Gasteiger partial charge is 0.454 e.